The number of hydrogen-bond donors (Lipinski definition) is 1. The van der Waals surface area contributed by atoms with E-state index in [2.05, 4.69) is 4.98 Å². The van der Waals surface area contributed by atoms with Crippen LogP contribution < -0.4 is 5.73 Å². The number of halogens is 1. The highest BCUT2D eigenvalue weighted by Gasteiger charge is 2.24. The quantitative estimate of drug-likeness (QED) is 0.751. The third-order valence-electron chi connectivity index (χ3n) is 3.99. The van der Waals surface area contributed by atoms with Crippen LogP contribution in [0.2, 0.25) is 0 Å². The van der Waals surface area contributed by atoms with Gasteiger partial charge in [0.15, 0.2) is 0 Å². The SMILES string of the molecule is CC(C)S(=O)(=O)n1c(N)nc2ccc(/C(=C/Cl)c3ccccc3)cc21. The predicted molar refractivity (Wildman–Crippen MR) is 103 cm³/mol. The molecule has 0 unspecified atom stereocenters. The Labute approximate surface area is 151 Å². The number of fused-ring (bicyclic) bond motifs is 1. The Balaban J connectivity index is 2.24. The molecule has 0 atom stereocenters. The Kier molecular flexibility index (Phi) is 4.58. The number of benzene rings is 2. The Morgan fingerprint density at radius 1 is 1.16 bits per heavy atom. The lowest BCUT2D eigenvalue weighted by molar-refractivity contribution is 0.580. The molecule has 1 aromatic heterocycles. The van der Waals surface area contributed by atoms with E-state index in [0.717, 1.165) is 20.7 Å². The maximum absolute atomic E-state index is 12.7. The third kappa shape index (κ3) is 3.03. The van der Waals surface area contributed by atoms with E-state index in [4.69, 9.17) is 17.3 Å². The summed E-state index contributed by atoms with van der Waals surface area (Å²) >= 11 is 6.05. The number of rotatable bonds is 4. The molecule has 3 rings (SSSR count). The number of nitrogen functional groups attached to an aromatic ring is 1. The molecule has 0 bridgehead atoms. The van der Waals surface area contributed by atoms with Crippen molar-refractivity contribution in [3.8, 4) is 0 Å². The van der Waals surface area contributed by atoms with E-state index in [-0.39, 0.29) is 5.95 Å². The van der Waals surface area contributed by atoms with E-state index in [1.54, 1.807) is 26.0 Å². The minimum atomic E-state index is -3.63. The summed E-state index contributed by atoms with van der Waals surface area (Å²) in [4.78, 5) is 4.17. The van der Waals surface area contributed by atoms with E-state index in [9.17, 15) is 8.42 Å². The van der Waals surface area contributed by atoms with Crippen molar-refractivity contribution >= 4 is 44.2 Å². The number of hydrogen-bond acceptors (Lipinski definition) is 4. The minimum Gasteiger partial charge on any atom is -0.368 e. The van der Waals surface area contributed by atoms with Gasteiger partial charge in [0.2, 0.25) is 16.0 Å². The van der Waals surface area contributed by atoms with E-state index in [1.165, 1.54) is 5.54 Å². The summed E-state index contributed by atoms with van der Waals surface area (Å²) in [7, 11) is -3.63. The van der Waals surface area contributed by atoms with Crippen molar-refractivity contribution in [3.05, 3.63) is 65.2 Å². The lowest BCUT2D eigenvalue weighted by Crippen LogP contribution is -2.23. The second kappa shape index (κ2) is 6.54. The Bertz CT molecular complexity index is 1050. The normalized spacial score (nSPS) is 12.9. The van der Waals surface area contributed by atoms with Crippen LogP contribution in [-0.2, 0) is 10.0 Å². The van der Waals surface area contributed by atoms with Crippen LogP contribution >= 0.6 is 11.6 Å². The predicted octanol–water partition coefficient (Wildman–Crippen LogP) is 3.83. The molecule has 0 radical (unpaired) electrons. The van der Waals surface area contributed by atoms with Crippen LogP contribution in [0.1, 0.15) is 25.0 Å². The third-order valence-corrected chi connectivity index (χ3v) is 6.29. The van der Waals surface area contributed by atoms with Gasteiger partial charge in [-0.05, 0) is 37.1 Å². The molecular formula is C18H18ClN3O2S. The van der Waals surface area contributed by atoms with Crippen LogP contribution in [0.15, 0.2) is 54.1 Å². The van der Waals surface area contributed by atoms with Crippen molar-refractivity contribution in [1.29, 1.82) is 0 Å². The zero-order valence-corrected chi connectivity index (χ0v) is 15.4. The van der Waals surface area contributed by atoms with E-state index in [1.807, 2.05) is 36.4 Å². The van der Waals surface area contributed by atoms with Gasteiger partial charge in [0.25, 0.3) is 0 Å². The molecule has 3 aromatic rings. The second-order valence-corrected chi connectivity index (χ2v) is 8.48. The van der Waals surface area contributed by atoms with Gasteiger partial charge in [-0.25, -0.2) is 17.4 Å². The summed E-state index contributed by atoms with van der Waals surface area (Å²) in [6, 6.07) is 15.0. The Hall–Kier alpha value is -2.31. The highest BCUT2D eigenvalue weighted by Crippen LogP contribution is 2.29. The second-order valence-electron chi connectivity index (χ2n) is 5.92. The zero-order valence-electron chi connectivity index (χ0n) is 13.8. The molecule has 0 fully saturated rings. The highest BCUT2D eigenvalue weighted by molar-refractivity contribution is 7.90. The average Bonchev–Trinajstić information content (AvgIpc) is 2.92. The van der Waals surface area contributed by atoms with Gasteiger partial charge in [-0.1, -0.05) is 48.0 Å². The topological polar surface area (TPSA) is 78.0 Å². The molecule has 1 heterocycles. The summed E-state index contributed by atoms with van der Waals surface area (Å²) in [5, 5.41) is -0.618. The van der Waals surface area contributed by atoms with E-state index >= 15 is 0 Å². The Morgan fingerprint density at radius 2 is 1.84 bits per heavy atom. The molecule has 2 aromatic carbocycles. The molecule has 7 heteroatoms. The van der Waals surface area contributed by atoms with E-state index < -0.39 is 15.3 Å². The monoisotopic (exact) mass is 375 g/mol. The first-order valence-electron chi connectivity index (χ1n) is 7.75. The first-order valence-corrected chi connectivity index (χ1v) is 9.68. The molecule has 0 aliphatic heterocycles. The molecule has 2 N–H and O–H groups in total. The Morgan fingerprint density at radius 3 is 2.44 bits per heavy atom. The van der Waals surface area contributed by atoms with Crippen LogP contribution in [0, 0.1) is 0 Å². The van der Waals surface area contributed by atoms with Crippen molar-refractivity contribution < 1.29 is 8.42 Å². The summed E-state index contributed by atoms with van der Waals surface area (Å²) < 4.78 is 26.4. The number of nitrogens with zero attached hydrogens (tertiary/aromatic N) is 2. The zero-order chi connectivity index (χ0) is 18.2. The molecule has 0 aliphatic carbocycles. The first-order chi connectivity index (χ1) is 11.9. The standard InChI is InChI=1S/C18H18ClN3O2S/c1-12(2)25(23,24)22-17-10-14(8-9-16(17)21-18(22)20)15(11-19)13-6-4-3-5-7-13/h3-12H,1-2H3,(H2,20,21)/b15-11+. The minimum absolute atomic E-state index is 0.0445. The molecule has 0 amide bonds. The first kappa shape index (κ1) is 17.5. The molecule has 5 nitrogen and oxygen atoms in total. The fourth-order valence-corrected chi connectivity index (χ4v) is 4.02. The fourth-order valence-electron chi connectivity index (χ4n) is 2.63. The smallest absolute Gasteiger partial charge is 0.244 e. The number of imidazole rings is 1. The maximum atomic E-state index is 12.7. The van der Waals surface area contributed by atoms with Gasteiger partial charge >= 0.3 is 0 Å². The van der Waals surface area contributed by atoms with Gasteiger partial charge in [-0.2, -0.15) is 0 Å². The largest absolute Gasteiger partial charge is 0.368 e. The van der Waals surface area contributed by atoms with Crippen LogP contribution in [0.5, 0.6) is 0 Å². The molecule has 25 heavy (non-hydrogen) atoms. The van der Waals surface area contributed by atoms with Crippen LogP contribution in [0.3, 0.4) is 0 Å². The molecular weight excluding hydrogens is 358 g/mol. The highest BCUT2D eigenvalue weighted by atomic mass is 35.5. The van der Waals surface area contributed by atoms with Crippen molar-refractivity contribution in [1.82, 2.24) is 8.96 Å². The van der Waals surface area contributed by atoms with Crippen molar-refractivity contribution in [2.45, 2.75) is 19.1 Å². The average molecular weight is 376 g/mol. The summed E-state index contributed by atoms with van der Waals surface area (Å²) in [5.41, 5.74) is 10.8. The van der Waals surface area contributed by atoms with Crippen LogP contribution in [-0.4, -0.2) is 22.6 Å². The summed E-state index contributed by atoms with van der Waals surface area (Å²) in [5.74, 6) is -0.0445. The van der Waals surface area contributed by atoms with Crippen molar-refractivity contribution in [3.63, 3.8) is 0 Å². The maximum Gasteiger partial charge on any atom is 0.244 e. The molecule has 0 aliphatic rings. The lowest BCUT2D eigenvalue weighted by atomic mass is 9.99. The summed E-state index contributed by atoms with van der Waals surface area (Å²) in [6.45, 7) is 3.22. The van der Waals surface area contributed by atoms with Gasteiger partial charge in [0.1, 0.15) is 0 Å². The molecule has 0 saturated carbocycles. The van der Waals surface area contributed by atoms with Gasteiger partial charge < -0.3 is 5.73 Å². The number of anilines is 1. The van der Waals surface area contributed by atoms with Crippen LogP contribution in [0.4, 0.5) is 5.95 Å². The number of nitrogens with two attached hydrogens (primary N) is 1. The summed E-state index contributed by atoms with van der Waals surface area (Å²) in [6.07, 6.45) is 0. The van der Waals surface area contributed by atoms with E-state index in [0.29, 0.717) is 11.0 Å². The fraction of sp³-hybridized carbons (Fsp3) is 0.167. The molecule has 130 valence electrons. The van der Waals surface area contributed by atoms with Crippen LogP contribution in [0.25, 0.3) is 16.6 Å². The van der Waals surface area contributed by atoms with Gasteiger partial charge in [0.05, 0.1) is 16.3 Å². The van der Waals surface area contributed by atoms with Gasteiger partial charge in [-0.15, -0.1) is 0 Å². The van der Waals surface area contributed by atoms with Crippen molar-refractivity contribution in [2.24, 2.45) is 0 Å². The lowest BCUT2D eigenvalue weighted by Gasteiger charge is -2.12. The number of aromatic nitrogens is 2. The van der Waals surface area contributed by atoms with Gasteiger partial charge in [0, 0.05) is 11.1 Å². The molecule has 0 spiro atoms. The molecule has 0 saturated heterocycles. The van der Waals surface area contributed by atoms with Gasteiger partial charge in [-0.3, -0.25) is 0 Å². The van der Waals surface area contributed by atoms with Crippen molar-refractivity contribution in [2.75, 3.05) is 5.73 Å².